The minimum atomic E-state index is -0.297. The van der Waals surface area contributed by atoms with Crippen LogP contribution in [0.25, 0.3) is 16.5 Å². The fourth-order valence-corrected chi connectivity index (χ4v) is 3.52. The molecular weight excluding hydrogens is 375 g/mol. The number of carbonyl (C=O) groups excluding carboxylic acids is 2. The molecule has 0 radical (unpaired) electrons. The molecule has 2 amide bonds. The third kappa shape index (κ3) is 5.14. The molecule has 0 saturated heterocycles. The molecule has 0 aliphatic rings. The zero-order valence-electron chi connectivity index (χ0n) is 15.5. The van der Waals surface area contributed by atoms with E-state index in [9.17, 15) is 14.0 Å². The molecule has 1 aromatic heterocycles. The zero-order valence-corrected chi connectivity index (χ0v) is 16.3. The number of hydrogen-bond donors (Lipinski definition) is 2. The van der Waals surface area contributed by atoms with E-state index in [2.05, 4.69) is 10.6 Å². The molecule has 0 fully saturated rings. The maximum absolute atomic E-state index is 13.0. The van der Waals surface area contributed by atoms with Crippen molar-refractivity contribution < 1.29 is 14.0 Å². The summed E-state index contributed by atoms with van der Waals surface area (Å²) >= 11 is 1.51. The zero-order chi connectivity index (χ0) is 20.1. The number of thiophene rings is 1. The van der Waals surface area contributed by atoms with Gasteiger partial charge in [-0.1, -0.05) is 18.2 Å². The first-order valence-corrected chi connectivity index (χ1v) is 9.45. The Labute approximate surface area is 166 Å². The van der Waals surface area contributed by atoms with Gasteiger partial charge in [0.15, 0.2) is 0 Å². The highest BCUT2D eigenvalue weighted by atomic mass is 32.1. The molecule has 2 aromatic carbocycles. The molecule has 28 heavy (non-hydrogen) atoms. The molecule has 0 atom stereocenters. The Kier molecular flexibility index (Phi) is 6.01. The van der Waals surface area contributed by atoms with Crippen LogP contribution in [-0.2, 0) is 9.59 Å². The molecule has 4 nitrogen and oxygen atoms in total. The van der Waals surface area contributed by atoms with Gasteiger partial charge in [-0.15, -0.1) is 11.3 Å². The molecule has 142 valence electrons. The lowest BCUT2D eigenvalue weighted by atomic mass is 10.2. The van der Waals surface area contributed by atoms with Gasteiger partial charge in [0.1, 0.15) is 5.82 Å². The summed E-state index contributed by atoms with van der Waals surface area (Å²) in [5.74, 6) is -0.775. The van der Waals surface area contributed by atoms with Crippen LogP contribution in [0.4, 0.5) is 15.8 Å². The SMILES string of the molecule is CC(=O)Nc1ccc(C)cc1NC(=O)/C=C/c1ccc(-c2ccc(F)cc2)s1. The van der Waals surface area contributed by atoms with Gasteiger partial charge in [0.25, 0.3) is 0 Å². The highest BCUT2D eigenvalue weighted by Crippen LogP contribution is 2.29. The first-order valence-electron chi connectivity index (χ1n) is 8.64. The van der Waals surface area contributed by atoms with Gasteiger partial charge < -0.3 is 10.6 Å². The largest absolute Gasteiger partial charge is 0.325 e. The van der Waals surface area contributed by atoms with E-state index in [1.165, 1.54) is 36.5 Å². The lowest BCUT2D eigenvalue weighted by molar-refractivity contribution is -0.114. The van der Waals surface area contributed by atoms with Gasteiger partial charge >= 0.3 is 0 Å². The number of anilines is 2. The van der Waals surface area contributed by atoms with Crippen LogP contribution in [0.1, 0.15) is 17.4 Å². The van der Waals surface area contributed by atoms with Crippen molar-refractivity contribution in [3.63, 3.8) is 0 Å². The number of rotatable bonds is 5. The summed E-state index contributed by atoms with van der Waals surface area (Å²) < 4.78 is 13.0. The normalized spacial score (nSPS) is 10.8. The van der Waals surface area contributed by atoms with Gasteiger partial charge in [0, 0.05) is 22.8 Å². The van der Waals surface area contributed by atoms with Crippen LogP contribution < -0.4 is 10.6 Å². The summed E-state index contributed by atoms with van der Waals surface area (Å²) in [4.78, 5) is 25.5. The molecule has 0 saturated carbocycles. The second-order valence-electron chi connectivity index (χ2n) is 6.26. The fraction of sp³-hybridized carbons (Fsp3) is 0.0909. The van der Waals surface area contributed by atoms with Crippen LogP contribution in [-0.4, -0.2) is 11.8 Å². The maximum Gasteiger partial charge on any atom is 0.248 e. The smallest absolute Gasteiger partial charge is 0.248 e. The maximum atomic E-state index is 13.0. The third-order valence-electron chi connectivity index (χ3n) is 3.90. The van der Waals surface area contributed by atoms with Gasteiger partial charge in [-0.3, -0.25) is 9.59 Å². The van der Waals surface area contributed by atoms with E-state index in [0.29, 0.717) is 11.4 Å². The number of halogens is 1. The molecular formula is C22H19FN2O2S. The summed E-state index contributed by atoms with van der Waals surface area (Å²) in [6, 6.07) is 15.6. The lowest BCUT2D eigenvalue weighted by Crippen LogP contribution is -2.13. The van der Waals surface area contributed by atoms with Crippen molar-refractivity contribution in [2.75, 3.05) is 10.6 Å². The van der Waals surface area contributed by atoms with E-state index in [4.69, 9.17) is 0 Å². The van der Waals surface area contributed by atoms with Gasteiger partial charge in [-0.25, -0.2) is 4.39 Å². The molecule has 3 rings (SSSR count). The van der Waals surface area contributed by atoms with Crippen molar-refractivity contribution in [3.8, 4) is 10.4 Å². The highest BCUT2D eigenvalue weighted by molar-refractivity contribution is 7.16. The Morgan fingerprint density at radius 1 is 0.964 bits per heavy atom. The van der Waals surface area contributed by atoms with Gasteiger partial charge in [0.05, 0.1) is 11.4 Å². The van der Waals surface area contributed by atoms with Crippen molar-refractivity contribution in [2.45, 2.75) is 13.8 Å². The molecule has 0 aliphatic carbocycles. The van der Waals surface area contributed by atoms with Crippen LogP contribution in [0.2, 0.25) is 0 Å². The van der Waals surface area contributed by atoms with E-state index >= 15 is 0 Å². The first-order chi connectivity index (χ1) is 13.4. The Morgan fingerprint density at radius 3 is 2.43 bits per heavy atom. The second-order valence-corrected chi connectivity index (χ2v) is 7.38. The Hall–Kier alpha value is -3.25. The monoisotopic (exact) mass is 394 g/mol. The first kappa shape index (κ1) is 19.5. The summed E-state index contributed by atoms with van der Waals surface area (Å²) in [5.41, 5.74) is 2.99. The molecule has 0 aliphatic heterocycles. The van der Waals surface area contributed by atoms with Gasteiger partial charge in [-0.2, -0.15) is 0 Å². The predicted octanol–water partition coefficient (Wildman–Crippen LogP) is 5.47. The molecule has 0 bridgehead atoms. The highest BCUT2D eigenvalue weighted by Gasteiger charge is 2.07. The summed E-state index contributed by atoms with van der Waals surface area (Å²) in [6.07, 6.45) is 3.17. The number of amides is 2. The van der Waals surface area contributed by atoms with Crippen LogP contribution >= 0.6 is 11.3 Å². The number of benzene rings is 2. The number of carbonyl (C=O) groups is 2. The minimum absolute atomic E-state index is 0.207. The Bertz CT molecular complexity index is 1040. The number of hydrogen-bond acceptors (Lipinski definition) is 3. The molecule has 6 heteroatoms. The quantitative estimate of drug-likeness (QED) is 0.564. The van der Waals surface area contributed by atoms with Crippen LogP contribution in [0.5, 0.6) is 0 Å². The summed E-state index contributed by atoms with van der Waals surface area (Å²) in [7, 11) is 0. The lowest BCUT2D eigenvalue weighted by Gasteiger charge is -2.11. The summed E-state index contributed by atoms with van der Waals surface area (Å²) in [5, 5.41) is 5.50. The Morgan fingerprint density at radius 2 is 1.71 bits per heavy atom. The van der Waals surface area contributed by atoms with E-state index in [1.54, 1.807) is 30.3 Å². The molecule has 0 unspecified atom stereocenters. The average molecular weight is 394 g/mol. The van der Waals surface area contributed by atoms with E-state index in [1.807, 2.05) is 25.1 Å². The number of nitrogens with one attached hydrogen (secondary N) is 2. The Balaban J connectivity index is 1.70. The minimum Gasteiger partial charge on any atom is -0.325 e. The van der Waals surface area contributed by atoms with Crippen LogP contribution in [0.15, 0.2) is 60.7 Å². The van der Waals surface area contributed by atoms with Crippen LogP contribution in [0.3, 0.4) is 0 Å². The van der Waals surface area contributed by atoms with Crippen molar-refractivity contribution in [3.05, 3.63) is 76.9 Å². The van der Waals surface area contributed by atoms with Crippen molar-refractivity contribution >= 4 is 40.6 Å². The van der Waals surface area contributed by atoms with Crippen molar-refractivity contribution in [1.82, 2.24) is 0 Å². The van der Waals surface area contributed by atoms with Gasteiger partial charge in [-0.05, 0) is 60.5 Å². The fourth-order valence-electron chi connectivity index (χ4n) is 2.60. The average Bonchev–Trinajstić information content (AvgIpc) is 3.12. The molecule has 0 spiro atoms. The van der Waals surface area contributed by atoms with Crippen molar-refractivity contribution in [1.29, 1.82) is 0 Å². The van der Waals surface area contributed by atoms with Crippen molar-refractivity contribution in [2.24, 2.45) is 0 Å². The topological polar surface area (TPSA) is 58.2 Å². The third-order valence-corrected chi connectivity index (χ3v) is 5.00. The number of aryl methyl sites for hydroxylation is 1. The van der Waals surface area contributed by atoms with Crippen LogP contribution in [0, 0.1) is 12.7 Å². The molecule has 3 aromatic rings. The van der Waals surface area contributed by atoms with Gasteiger partial charge in [0.2, 0.25) is 11.8 Å². The molecule has 2 N–H and O–H groups in total. The standard InChI is InChI=1S/C22H19FN2O2S/c1-14-3-10-19(24-15(2)26)20(13-14)25-22(27)12-9-18-8-11-21(28-18)16-4-6-17(23)7-5-16/h3-13H,1-2H3,(H,24,26)(H,25,27)/b12-9+. The second kappa shape index (κ2) is 8.63. The van der Waals surface area contributed by atoms with E-state index < -0.39 is 0 Å². The van der Waals surface area contributed by atoms with E-state index in [-0.39, 0.29) is 17.6 Å². The predicted molar refractivity (Wildman–Crippen MR) is 113 cm³/mol. The molecule has 1 heterocycles. The van der Waals surface area contributed by atoms with E-state index in [0.717, 1.165) is 20.9 Å². The summed E-state index contributed by atoms with van der Waals surface area (Å²) in [6.45, 7) is 3.33.